The van der Waals surface area contributed by atoms with Gasteiger partial charge in [-0.2, -0.15) is 0 Å². The molecule has 0 saturated carbocycles. The first kappa shape index (κ1) is 18.3. The van der Waals surface area contributed by atoms with E-state index in [0.717, 1.165) is 6.26 Å². The van der Waals surface area contributed by atoms with Crippen LogP contribution in [0.1, 0.15) is 20.7 Å². The molecule has 0 atom stereocenters. The van der Waals surface area contributed by atoms with E-state index in [9.17, 15) is 18.0 Å². The van der Waals surface area contributed by atoms with Crippen molar-refractivity contribution in [2.75, 3.05) is 11.6 Å². The normalized spacial score (nSPS) is 11.1. The molecule has 2 rings (SSSR count). The first-order chi connectivity index (χ1) is 11.1. The van der Waals surface area contributed by atoms with Gasteiger partial charge in [-0.3, -0.25) is 4.79 Å². The molecule has 0 heterocycles. The summed E-state index contributed by atoms with van der Waals surface area (Å²) in [7, 11) is -3.44. The smallest absolute Gasteiger partial charge is 0.337 e. The van der Waals surface area contributed by atoms with E-state index in [2.05, 4.69) is 5.32 Å². The summed E-state index contributed by atoms with van der Waals surface area (Å²) in [6, 6.07) is 7.71. The Hall–Kier alpha value is -2.09. The molecule has 0 radical (unpaired) electrons. The molecular formula is C15H11Cl2NO5S. The lowest BCUT2D eigenvalue weighted by atomic mass is 10.1. The number of nitrogens with one attached hydrogen (secondary N) is 1. The predicted octanol–water partition coefficient (Wildman–Crippen LogP) is 3.35. The molecular weight excluding hydrogens is 377 g/mol. The number of carboxylic acids is 1. The zero-order valence-corrected chi connectivity index (χ0v) is 14.5. The molecule has 0 fully saturated rings. The van der Waals surface area contributed by atoms with Crippen LogP contribution in [0.25, 0.3) is 0 Å². The standard InChI is InChI=1S/C15H11Cl2NO5S/c1-24(22,23)9-3-4-10(13(17)7-9)14(19)18-8-2-5-12(16)11(6-8)15(20)21/h2-7H,1H3,(H,18,19)(H,20,21). The van der Waals surface area contributed by atoms with Gasteiger partial charge >= 0.3 is 5.97 Å². The Morgan fingerprint density at radius 1 is 1.00 bits per heavy atom. The van der Waals surface area contributed by atoms with E-state index in [0.29, 0.717) is 0 Å². The van der Waals surface area contributed by atoms with Gasteiger partial charge in [0.1, 0.15) is 0 Å². The number of carbonyl (C=O) groups is 2. The van der Waals surface area contributed by atoms with Crippen LogP contribution in [0.5, 0.6) is 0 Å². The zero-order chi connectivity index (χ0) is 18.1. The number of hydrogen-bond acceptors (Lipinski definition) is 4. The van der Waals surface area contributed by atoms with Gasteiger partial charge in [0.25, 0.3) is 5.91 Å². The molecule has 0 aliphatic carbocycles. The molecule has 2 aromatic carbocycles. The maximum absolute atomic E-state index is 12.2. The molecule has 6 nitrogen and oxygen atoms in total. The fraction of sp³-hybridized carbons (Fsp3) is 0.0667. The highest BCUT2D eigenvalue weighted by Crippen LogP contribution is 2.24. The van der Waals surface area contributed by atoms with Crippen molar-refractivity contribution in [2.24, 2.45) is 0 Å². The summed E-state index contributed by atoms with van der Waals surface area (Å²) in [5.74, 6) is -1.84. The number of anilines is 1. The van der Waals surface area contributed by atoms with Crippen molar-refractivity contribution in [3.8, 4) is 0 Å². The maximum atomic E-state index is 12.2. The first-order valence-corrected chi connectivity index (χ1v) is 9.08. The highest BCUT2D eigenvalue weighted by Gasteiger charge is 2.16. The maximum Gasteiger partial charge on any atom is 0.337 e. The monoisotopic (exact) mass is 387 g/mol. The number of carboxylic acid groups (broad SMARTS) is 1. The molecule has 126 valence electrons. The summed E-state index contributed by atoms with van der Waals surface area (Å²) in [6.45, 7) is 0. The van der Waals surface area contributed by atoms with Crippen LogP contribution >= 0.6 is 23.2 Å². The zero-order valence-electron chi connectivity index (χ0n) is 12.2. The highest BCUT2D eigenvalue weighted by atomic mass is 35.5. The minimum absolute atomic E-state index is 0.0105. The van der Waals surface area contributed by atoms with Crippen LogP contribution in [0.2, 0.25) is 10.0 Å². The van der Waals surface area contributed by atoms with E-state index < -0.39 is 21.7 Å². The van der Waals surface area contributed by atoms with Crippen LogP contribution in [0.15, 0.2) is 41.3 Å². The van der Waals surface area contributed by atoms with Gasteiger partial charge in [-0.1, -0.05) is 23.2 Å². The molecule has 2 aromatic rings. The molecule has 0 aliphatic heterocycles. The SMILES string of the molecule is CS(=O)(=O)c1ccc(C(=O)Nc2ccc(Cl)c(C(=O)O)c2)c(Cl)c1. The van der Waals surface area contributed by atoms with Gasteiger partial charge in [-0.25, -0.2) is 13.2 Å². The van der Waals surface area contributed by atoms with E-state index in [4.69, 9.17) is 28.3 Å². The van der Waals surface area contributed by atoms with Crippen LogP contribution in [0.3, 0.4) is 0 Å². The third-order valence-corrected chi connectivity index (χ3v) is 4.82. The number of halogens is 2. The molecule has 0 unspecified atom stereocenters. The second-order valence-electron chi connectivity index (χ2n) is 4.87. The van der Waals surface area contributed by atoms with E-state index >= 15 is 0 Å². The van der Waals surface area contributed by atoms with Gasteiger partial charge in [0, 0.05) is 11.9 Å². The molecule has 0 aliphatic rings. The average molecular weight is 388 g/mol. The molecule has 0 spiro atoms. The fourth-order valence-electron chi connectivity index (χ4n) is 1.88. The minimum Gasteiger partial charge on any atom is -0.478 e. The lowest BCUT2D eigenvalue weighted by Crippen LogP contribution is -2.13. The number of carbonyl (C=O) groups excluding carboxylic acids is 1. The van der Waals surface area contributed by atoms with Crippen molar-refractivity contribution in [3.05, 3.63) is 57.6 Å². The average Bonchev–Trinajstić information content (AvgIpc) is 2.47. The summed E-state index contributed by atoms with van der Waals surface area (Å²) in [6.07, 6.45) is 1.03. The number of amides is 1. The largest absolute Gasteiger partial charge is 0.478 e. The van der Waals surface area contributed by atoms with Crippen molar-refractivity contribution in [2.45, 2.75) is 4.90 Å². The molecule has 1 amide bonds. The topological polar surface area (TPSA) is 101 Å². The fourth-order valence-corrected chi connectivity index (χ4v) is 3.05. The Morgan fingerprint density at radius 2 is 1.67 bits per heavy atom. The number of rotatable bonds is 4. The minimum atomic E-state index is -3.44. The second-order valence-corrected chi connectivity index (χ2v) is 7.70. The quantitative estimate of drug-likeness (QED) is 0.837. The second kappa shape index (κ2) is 6.80. The summed E-state index contributed by atoms with van der Waals surface area (Å²) in [4.78, 5) is 23.3. The van der Waals surface area contributed by atoms with E-state index in [-0.39, 0.29) is 31.8 Å². The molecule has 24 heavy (non-hydrogen) atoms. The highest BCUT2D eigenvalue weighted by molar-refractivity contribution is 7.90. The molecule has 0 aromatic heterocycles. The number of sulfone groups is 1. The van der Waals surface area contributed by atoms with Crippen LogP contribution < -0.4 is 5.32 Å². The van der Waals surface area contributed by atoms with Crippen molar-refractivity contribution in [1.82, 2.24) is 0 Å². The van der Waals surface area contributed by atoms with Gasteiger partial charge < -0.3 is 10.4 Å². The molecule has 0 saturated heterocycles. The van der Waals surface area contributed by atoms with E-state index in [1.54, 1.807) is 0 Å². The Balaban J connectivity index is 2.31. The van der Waals surface area contributed by atoms with Crippen molar-refractivity contribution >= 4 is 50.6 Å². The van der Waals surface area contributed by atoms with E-state index in [1.165, 1.54) is 36.4 Å². The third-order valence-electron chi connectivity index (χ3n) is 3.07. The Labute approximate surface area is 147 Å². The van der Waals surface area contributed by atoms with Gasteiger partial charge in [0.2, 0.25) is 0 Å². The van der Waals surface area contributed by atoms with Crippen LogP contribution in [-0.2, 0) is 9.84 Å². The van der Waals surface area contributed by atoms with Crippen LogP contribution in [0.4, 0.5) is 5.69 Å². The summed E-state index contributed by atoms with van der Waals surface area (Å²) in [5.41, 5.74) is 0.105. The van der Waals surface area contributed by atoms with Crippen molar-refractivity contribution in [3.63, 3.8) is 0 Å². The van der Waals surface area contributed by atoms with Crippen molar-refractivity contribution in [1.29, 1.82) is 0 Å². The van der Waals surface area contributed by atoms with Gasteiger partial charge in [0.05, 0.1) is 26.1 Å². The van der Waals surface area contributed by atoms with Crippen LogP contribution in [-0.4, -0.2) is 31.7 Å². The van der Waals surface area contributed by atoms with Gasteiger partial charge in [-0.15, -0.1) is 0 Å². The summed E-state index contributed by atoms with van der Waals surface area (Å²) in [5, 5.41) is 11.5. The Kier molecular flexibility index (Phi) is 5.17. The number of aromatic carboxylic acids is 1. The van der Waals surface area contributed by atoms with Gasteiger partial charge in [0.15, 0.2) is 9.84 Å². The number of hydrogen-bond donors (Lipinski definition) is 2. The van der Waals surface area contributed by atoms with Crippen LogP contribution in [0, 0.1) is 0 Å². The van der Waals surface area contributed by atoms with E-state index in [1.807, 2.05) is 0 Å². The van der Waals surface area contributed by atoms with Crippen molar-refractivity contribution < 1.29 is 23.1 Å². The Morgan fingerprint density at radius 3 is 2.21 bits per heavy atom. The lowest BCUT2D eigenvalue weighted by Gasteiger charge is -2.09. The summed E-state index contributed by atoms with van der Waals surface area (Å²) < 4.78 is 22.9. The third kappa shape index (κ3) is 4.05. The molecule has 9 heteroatoms. The van der Waals surface area contributed by atoms with Gasteiger partial charge in [-0.05, 0) is 36.4 Å². The Bertz CT molecular complexity index is 941. The number of benzene rings is 2. The summed E-state index contributed by atoms with van der Waals surface area (Å²) >= 11 is 11.7. The first-order valence-electron chi connectivity index (χ1n) is 6.43. The molecule has 2 N–H and O–H groups in total. The molecule has 0 bridgehead atoms. The predicted molar refractivity (Wildman–Crippen MR) is 90.9 cm³/mol. The lowest BCUT2D eigenvalue weighted by molar-refractivity contribution is 0.0696.